The fraction of sp³-hybridized carbons (Fsp3) is 0.200. The maximum absolute atomic E-state index is 11.8. The highest BCUT2D eigenvalue weighted by molar-refractivity contribution is 6.30. The van der Waals surface area contributed by atoms with Crippen molar-refractivity contribution in [2.45, 2.75) is 13.5 Å². The molecule has 0 radical (unpaired) electrons. The van der Waals surface area contributed by atoms with Crippen LogP contribution in [0.25, 0.3) is 0 Å². The van der Waals surface area contributed by atoms with Crippen LogP contribution in [0.5, 0.6) is 0 Å². The Bertz CT molecular complexity index is 584. The van der Waals surface area contributed by atoms with Gasteiger partial charge in [0.1, 0.15) is 0 Å². The van der Waals surface area contributed by atoms with Crippen LogP contribution in [0.15, 0.2) is 42.7 Å². The number of amides is 1. The fourth-order valence-corrected chi connectivity index (χ4v) is 1.88. The number of aromatic nitrogens is 1. The molecule has 2 N–H and O–H groups in total. The smallest absolute Gasteiger partial charge is 0.238 e. The van der Waals surface area contributed by atoms with E-state index in [1.54, 1.807) is 30.5 Å². The zero-order chi connectivity index (χ0) is 14.4. The number of benzene rings is 1. The number of carbonyl (C=O) groups is 1. The van der Waals surface area contributed by atoms with Crippen molar-refractivity contribution in [1.82, 2.24) is 10.3 Å². The summed E-state index contributed by atoms with van der Waals surface area (Å²) >= 11 is 5.78. The molecule has 4 nitrogen and oxygen atoms in total. The van der Waals surface area contributed by atoms with Crippen LogP contribution in [-0.2, 0) is 11.3 Å². The quantitative estimate of drug-likeness (QED) is 0.890. The fourth-order valence-electron chi connectivity index (χ4n) is 1.75. The number of rotatable bonds is 5. The first-order valence-corrected chi connectivity index (χ1v) is 6.68. The van der Waals surface area contributed by atoms with E-state index in [9.17, 15) is 4.79 Å². The summed E-state index contributed by atoms with van der Waals surface area (Å²) in [4.78, 5) is 15.8. The van der Waals surface area contributed by atoms with Gasteiger partial charge < -0.3 is 10.6 Å². The van der Waals surface area contributed by atoms with E-state index < -0.39 is 0 Å². The van der Waals surface area contributed by atoms with Crippen LogP contribution < -0.4 is 10.6 Å². The molecule has 0 aliphatic heterocycles. The van der Waals surface area contributed by atoms with E-state index in [1.165, 1.54) is 0 Å². The second kappa shape index (κ2) is 7.03. The SMILES string of the molecule is Cc1cnccc1CNCC(=O)Nc1ccc(Cl)cc1. The first-order chi connectivity index (χ1) is 9.65. The average Bonchev–Trinajstić information content (AvgIpc) is 2.43. The third kappa shape index (κ3) is 4.33. The van der Waals surface area contributed by atoms with Gasteiger partial charge in [-0.1, -0.05) is 11.6 Å². The molecular weight excluding hydrogens is 274 g/mol. The van der Waals surface area contributed by atoms with Crippen LogP contribution in [0, 0.1) is 6.92 Å². The van der Waals surface area contributed by atoms with E-state index in [4.69, 9.17) is 11.6 Å². The van der Waals surface area contributed by atoms with E-state index in [0.717, 1.165) is 16.8 Å². The zero-order valence-corrected chi connectivity index (χ0v) is 11.9. The second-order valence-electron chi connectivity index (χ2n) is 4.46. The molecule has 0 aliphatic rings. The van der Waals surface area contributed by atoms with Crippen LogP contribution in [0.1, 0.15) is 11.1 Å². The lowest BCUT2D eigenvalue weighted by atomic mass is 10.1. The molecule has 0 saturated heterocycles. The molecule has 104 valence electrons. The van der Waals surface area contributed by atoms with Crippen molar-refractivity contribution in [2.24, 2.45) is 0 Å². The predicted octanol–water partition coefficient (Wildman–Crippen LogP) is 2.77. The average molecular weight is 290 g/mol. The second-order valence-corrected chi connectivity index (χ2v) is 4.90. The normalized spacial score (nSPS) is 10.3. The topological polar surface area (TPSA) is 54.0 Å². The highest BCUT2D eigenvalue weighted by Crippen LogP contribution is 2.13. The summed E-state index contributed by atoms with van der Waals surface area (Å²) in [6, 6.07) is 8.97. The first kappa shape index (κ1) is 14.5. The minimum Gasteiger partial charge on any atom is -0.325 e. The van der Waals surface area contributed by atoms with Crippen molar-refractivity contribution < 1.29 is 4.79 Å². The monoisotopic (exact) mass is 289 g/mol. The standard InChI is InChI=1S/C15H16ClN3O/c1-11-8-17-7-6-12(11)9-18-10-15(20)19-14-4-2-13(16)3-5-14/h2-8,18H,9-10H2,1H3,(H,19,20). The molecule has 0 unspecified atom stereocenters. The molecule has 1 aromatic carbocycles. The van der Waals surface area contributed by atoms with Crippen molar-refractivity contribution in [3.05, 3.63) is 58.9 Å². The highest BCUT2D eigenvalue weighted by atomic mass is 35.5. The summed E-state index contributed by atoms with van der Waals surface area (Å²) < 4.78 is 0. The molecule has 0 saturated carbocycles. The maximum atomic E-state index is 11.8. The van der Waals surface area contributed by atoms with Crippen LogP contribution in [-0.4, -0.2) is 17.4 Å². The lowest BCUT2D eigenvalue weighted by Gasteiger charge is -2.08. The lowest BCUT2D eigenvalue weighted by molar-refractivity contribution is -0.115. The Hall–Kier alpha value is -1.91. The number of anilines is 1. The third-order valence-electron chi connectivity index (χ3n) is 2.87. The van der Waals surface area contributed by atoms with Gasteiger partial charge >= 0.3 is 0 Å². The molecular formula is C15H16ClN3O. The van der Waals surface area contributed by atoms with Crippen LogP contribution >= 0.6 is 11.6 Å². The number of aryl methyl sites for hydroxylation is 1. The van der Waals surface area contributed by atoms with E-state index >= 15 is 0 Å². The Labute approximate surface area is 123 Å². The molecule has 0 fully saturated rings. The van der Waals surface area contributed by atoms with Gasteiger partial charge in [0, 0.05) is 29.6 Å². The van der Waals surface area contributed by atoms with Crippen LogP contribution in [0.4, 0.5) is 5.69 Å². The molecule has 1 heterocycles. The predicted molar refractivity (Wildman–Crippen MR) is 80.8 cm³/mol. The Morgan fingerprint density at radius 2 is 2.00 bits per heavy atom. The van der Waals surface area contributed by atoms with Crippen molar-refractivity contribution in [2.75, 3.05) is 11.9 Å². The zero-order valence-electron chi connectivity index (χ0n) is 11.2. The molecule has 1 aromatic heterocycles. The number of carbonyl (C=O) groups excluding carboxylic acids is 1. The molecule has 0 bridgehead atoms. The van der Waals surface area contributed by atoms with Gasteiger partial charge in [-0.05, 0) is 48.4 Å². The van der Waals surface area contributed by atoms with E-state index in [0.29, 0.717) is 11.6 Å². The lowest BCUT2D eigenvalue weighted by Crippen LogP contribution is -2.27. The molecule has 2 aromatic rings. The maximum Gasteiger partial charge on any atom is 0.238 e. The van der Waals surface area contributed by atoms with E-state index in [-0.39, 0.29) is 12.5 Å². The summed E-state index contributed by atoms with van der Waals surface area (Å²) in [6.07, 6.45) is 3.56. The number of nitrogens with one attached hydrogen (secondary N) is 2. The Morgan fingerprint density at radius 1 is 1.25 bits per heavy atom. The molecule has 2 rings (SSSR count). The summed E-state index contributed by atoms with van der Waals surface area (Å²) in [5.41, 5.74) is 2.98. The minimum atomic E-state index is -0.0842. The van der Waals surface area contributed by atoms with Gasteiger partial charge in [-0.15, -0.1) is 0 Å². The Kier molecular flexibility index (Phi) is 5.09. The molecule has 5 heteroatoms. The van der Waals surface area contributed by atoms with Crippen LogP contribution in [0.2, 0.25) is 5.02 Å². The van der Waals surface area contributed by atoms with Crippen molar-refractivity contribution in [3.63, 3.8) is 0 Å². The minimum absolute atomic E-state index is 0.0842. The van der Waals surface area contributed by atoms with Crippen molar-refractivity contribution in [3.8, 4) is 0 Å². The first-order valence-electron chi connectivity index (χ1n) is 6.31. The van der Waals surface area contributed by atoms with Gasteiger partial charge in [-0.3, -0.25) is 9.78 Å². The molecule has 1 amide bonds. The van der Waals surface area contributed by atoms with Gasteiger partial charge in [-0.2, -0.15) is 0 Å². The van der Waals surface area contributed by atoms with Crippen LogP contribution in [0.3, 0.4) is 0 Å². The highest BCUT2D eigenvalue weighted by Gasteiger charge is 2.03. The molecule has 0 spiro atoms. The Morgan fingerprint density at radius 3 is 2.70 bits per heavy atom. The largest absolute Gasteiger partial charge is 0.325 e. The summed E-state index contributed by atoms with van der Waals surface area (Å²) in [5, 5.41) is 6.55. The van der Waals surface area contributed by atoms with Gasteiger partial charge in [0.25, 0.3) is 0 Å². The summed E-state index contributed by atoms with van der Waals surface area (Å²) in [5.74, 6) is -0.0842. The number of halogens is 1. The number of hydrogen-bond donors (Lipinski definition) is 2. The summed E-state index contributed by atoms with van der Waals surface area (Å²) in [7, 11) is 0. The third-order valence-corrected chi connectivity index (χ3v) is 3.12. The molecule has 0 aliphatic carbocycles. The van der Waals surface area contributed by atoms with Crippen molar-refractivity contribution in [1.29, 1.82) is 0 Å². The number of pyridine rings is 1. The number of nitrogens with zero attached hydrogens (tertiary/aromatic N) is 1. The van der Waals surface area contributed by atoms with E-state index in [1.807, 2.05) is 19.2 Å². The van der Waals surface area contributed by atoms with Gasteiger partial charge in [0.05, 0.1) is 6.54 Å². The van der Waals surface area contributed by atoms with Gasteiger partial charge in [0.2, 0.25) is 5.91 Å². The Balaban J connectivity index is 1.78. The van der Waals surface area contributed by atoms with Crippen molar-refractivity contribution >= 4 is 23.2 Å². The number of hydrogen-bond acceptors (Lipinski definition) is 3. The molecule has 0 atom stereocenters. The summed E-state index contributed by atoms with van der Waals surface area (Å²) in [6.45, 7) is 2.89. The van der Waals surface area contributed by atoms with Gasteiger partial charge in [-0.25, -0.2) is 0 Å². The van der Waals surface area contributed by atoms with Gasteiger partial charge in [0.15, 0.2) is 0 Å². The molecule has 20 heavy (non-hydrogen) atoms. The van der Waals surface area contributed by atoms with E-state index in [2.05, 4.69) is 15.6 Å².